The third kappa shape index (κ3) is 9.50. The minimum Gasteiger partial charge on any atom is -0.480 e. The van der Waals surface area contributed by atoms with Crippen LogP contribution in [-0.2, 0) is 23.9 Å². The highest BCUT2D eigenvalue weighted by Gasteiger charge is 2.30. The Bertz CT molecular complexity index is 1110. The van der Waals surface area contributed by atoms with Crippen molar-refractivity contribution in [1.82, 2.24) is 10.1 Å². The maximum Gasteiger partial charge on any atom is 0.416 e. The van der Waals surface area contributed by atoms with Gasteiger partial charge in [0.05, 0.1) is 5.56 Å². The number of aryl methyl sites for hydroxylation is 1. The van der Waals surface area contributed by atoms with Crippen molar-refractivity contribution in [2.45, 2.75) is 83.9 Å². The van der Waals surface area contributed by atoms with E-state index >= 15 is 0 Å². The van der Waals surface area contributed by atoms with Crippen molar-refractivity contribution in [3.63, 3.8) is 0 Å². The second kappa shape index (κ2) is 14.5. The van der Waals surface area contributed by atoms with E-state index in [1.807, 2.05) is 24.3 Å². The van der Waals surface area contributed by atoms with Crippen LogP contribution in [0, 0.1) is 0 Å². The zero-order chi connectivity index (χ0) is 27.4. The average Bonchev–Trinajstić information content (AvgIpc) is 3.36. The van der Waals surface area contributed by atoms with Gasteiger partial charge in [0.2, 0.25) is 0 Å². The lowest BCUT2D eigenvalue weighted by Gasteiger charge is -2.23. The first-order valence-electron chi connectivity index (χ1n) is 13.3. The number of hydrogen-bond donors (Lipinski definition) is 1. The van der Waals surface area contributed by atoms with Crippen molar-refractivity contribution < 1.29 is 27.6 Å². The monoisotopic (exact) mass is 531 g/mol. The van der Waals surface area contributed by atoms with Gasteiger partial charge < -0.3 is 14.5 Å². The maximum atomic E-state index is 12.9. The molecule has 0 aliphatic rings. The van der Waals surface area contributed by atoms with E-state index in [0.29, 0.717) is 17.4 Å². The number of alkyl halides is 3. The summed E-state index contributed by atoms with van der Waals surface area (Å²) in [7, 11) is 0. The summed E-state index contributed by atoms with van der Waals surface area (Å²) < 4.78 is 44.1. The number of nitrogens with zero attached hydrogens (tertiary/aromatic N) is 3. The van der Waals surface area contributed by atoms with E-state index in [9.17, 15) is 23.1 Å². The summed E-state index contributed by atoms with van der Waals surface area (Å²) in [6.45, 7) is 2.09. The number of carboxylic acid groups (broad SMARTS) is 1. The van der Waals surface area contributed by atoms with Crippen LogP contribution in [0.25, 0.3) is 11.5 Å². The Hall–Kier alpha value is -3.36. The van der Waals surface area contributed by atoms with Crippen molar-refractivity contribution in [1.29, 1.82) is 0 Å². The Balaban J connectivity index is 1.52. The number of aromatic nitrogens is 2. The summed E-state index contributed by atoms with van der Waals surface area (Å²) >= 11 is 0. The quantitative estimate of drug-likeness (QED) is 0.189. The number of unbranched alkanes of at least 4 members (excludes halogenated alkanes) is 8. The molecule has 0 amide bonds. The molecule has 0 unspecified atom stereocenters. The molecule has 2 aromatic carbocycles. The predicted molar refractivity (Wildman–Crippen MR) is 141 cm³/mol. The van der Waals surface area contributed by atoms with Crippen LogP contribution in [0.2, 0.25) is 0 Å². The van der Waals surface area contributed by atoms with E-state index in [2.05, 4.69) is 17.1 Å². The van der Waals surface area contributed by atoms with Crippen molar-refractivity contribution in [2.75, 3.05) is 11.4 Å². The molecule has 0 spiro atoms. The van der Waals surface area contributed by atoms with Crippen LogP contribution in [0.4, 0.5) is 18.9 Å². The van der Waals surface area contributed by atoms with Gasteiger partial charge in [-0.15, -0.1) is 0 Å². The van der Waals surface area contributed by atoms with Gasteiger partial charge in [0.1, 0.15) is 6.54 Å². The molecule has 3 rings (SSSR count). The molecular weight excluding hydrogens is 495 g/mol. The lowest BCUT2D eigenvalue weighted by molar-refractivity contribution is -0.138. The minimum atomic E-state index is -4.45. The fourth-order valence-electron chi connectivity index (χ4n) is 4.30. The molecule has 3 aromatic rings. The number of anilines is 1. The van der Waals surface area contributed by atoms with E-state index in [0.717, 1.165) is 42.5 Å². The molecule has 0 fully saturated rings. The molecule has 0 aliphatic carbocycles. The predicted octanol–water partition coefficient (Wildman–Crippen LogP) is 7.92. The standard InChI is InChI=1S/C29H36F3N3O3/c1-2-3-4-5-6-7-8-9-10-11-26-33-28(38-34-26)23-14-12-22(13-15-23)20-35(21-27(36)37)25-18-16-24(17-19-25)29(30,31)32/h12-19H,2-11,20-21H2,1H3,(H,36,37). The van der Waals surface area contributed by atoms with Gasteiger partial charge in [-0.05, 0) is 48.4 Å². The second-order valence-corrected chi connectivity index (χ2v) is 9.59. The molecule has 206 valence electrons. The topological polar surface area (TPSA) is 79.5 Å². The Morgan fingerprint density at radius 1 is 0.895 bits per heavy atom. The molecule has 0 radical (unpaired) electrons. The van der Waals surface area contributed by atoms with E-state index < -0.39 is 17.7 Å². The van der Waals surface area contributed by atoms with E-state index in [4.69, 9.17) is 4.52 Å². The van der Waals surface area contributed by atoms with Crippen LogP contribution in [0.5, 0.6) is 0 Å². The Labute approximate surface area is 221 Å². The summed E-state index contributed by atoms with van der Waals surface area (Å²) in [6.07, 6.45) is 7.57. The SMILES string of the molecule is CCCCCCCCCCCc1noc(-c2ccc(CN(CC(=O)O)c3ccc(C(F)(F)F)cc3)cc2)n1. The molecule has 0 saturated carbocycles. The number of carbonyl (C=O) groups is 1. The van der Waals surface area contributed by atoms with Gasteiger partial charge in [0, 0.05) is 24.2 Å². The fraction of sp³-hybridized carbons (Fsp3) is 0.483. The summed E-state index contributed by atoms with van der Waals surface area (Å²) in [5.74, 6) is 0.0291. The van der Waals surface area contributed by atoms with E-state index in [1.54, 1.807) is 0 Å². The average molecular weight is 532 g/mol. The molecule has 0 saturated heterocycles. The molecular formula is C29H36F3N3O3. The zero-order valence-corrected chi connectivity index (χ0v) is 21.8. The fourth-order valence-corrected chi connectivity index (χ4v) is 4.30. The van der Waals surface area contributed by atoms with E-state index in [1.165, 1.54) is 62.0 Å². The van der Waals surface area contributed by atoms with Crippen LogP contribution in [-0.4, -0.2) is 27.8 Å². The summed E-state index contributed by atoms with van der Waals surface area (Å²) in [6, 6.07) is 11.7. The van der Waals surface area contributed by atoms with Crippen LogP contribution in [0.3, 0.4) is 0 Å². The van der Waals surface area contributed by atoms with Crippen LogP contribution >= 0.6 is 0 Å². The van der Waals surface area contributed by atoms with Crippen LogP contribution in [0.15, 0.2) is 53.1 Å². The first-order chi connectivity index (χ1) is 18.3. The smallest absolute Gasteiger partial charge is 0.416 e. The molecule has 1 N–H and O–H groups in total. The highest BCUT2D eigenvalue weighted by molar-refractivity contribution is 5.73. The van der Waals surface area contributed by atoms with Crippen LogP contribution in [0.1, 0.15) is 81.7 Å². The largest absolute Gasteiger partial charge is 0.480 e. The van der Waals surface area contributed by atoms with Crippen molar-refractivity contribution >= 4 is 11.7 Å². The molecule has 38 heavy (non-hydrogen) atoms. The summed E-state index contributed by atoms with van der Waals surface area (Å²) in [5.41, 5.74) is 1.16. The van der Waals surface area contributed by atoms with Gasteiger partial charge >= 0.3 is 12.1 Å². The second-order valence-electron chi connectivity index (χ2n) is 9.59. The number of halogens is 3. The molecule has 6 nitrogen and oxygen atoms in total. The molecule has 0 aliphatic heterocycles. The van der Waals surface area contributed by atoms with Crippen LogP contribution < -0.4 is 4.90 Å². The number of benzene rings is 2. The minimum absolute atomic E-state index is 0.214. The molecule has 1 aromatic heterocycles. The van der Waals surface area contributed by atoms with Crippen molar-refractivity contribution in [3.8, 4) is 11.5 Å². The Kier molecular flexibility index (Phi) is 11.2. The molecule has 1 heterocycles. The Morgan fingerprint density at radius 2 is 1.50 bits per heavy atom. The van der Waals surface area contributed by atoms with Crippen molar-refractivity contribution in [2.24, 2.45) is 0 Å². The zero-order valence-electron chi connectivity index (χ0n) is 21.8. The highest BCUT2D eigenvalue weighted by atomic mass is 19.4. The van der Waals surface area contributed by atoms with Gasteiger partial charge in [0.25, 0.3) is 5.89 Å². The molecule has 0 bridgehead atoms. The van der Waals surface area contributed by atoms with Gasteiger partial charge in [0.15, 0.2) is 5.82 Å². The van der Waals surface area contributed by atoms with Gasteiger partial charge in [-0.2, -0.15) is 18.2 Å². The number of carboxylic acids is 1. The lowest BCUT2D eigenvalue weighted by Crippen LogP contribution is -2.29. The normalized spacial score (nSPS) is 11.6. The Morgan fingerprint density at radius 3 is 2.08 bits per heavy atom. The van der Waals surface area contributed by atoms with Gasteiger partial charge in [-0.25, -0.2) is 0 Å². The molecule has 9 heteroatoms. The van der Waals surface area contributed by atoms with E-state index in [-0.39, 0.29) is 13.1 Å². The number of rotatable bonds is 16. The molecule has 0 atom stereocenters. The van der Waals surface area contributed by atoms with Crippen molar-refractivity contribution in [3.05, 3.63) is 65.5 Å². The third-order valence-electron chi connectivity index (χ3n) is 6.43. The highest BCUT2D eigenvalue weighted by Crippen LogP contribution is 2.31. The summed E-state index contributed by atoms with van der Waals surface area (Å²) in [4.78, 5) is 17.4. The number of hydrogen-bond acceptors (Lipinski definition) is 5. The van der Waals surface area contributed by atoms with Gasteiger partial charge in [-0.1, -0.05) is 75.6 Å². The first-order valence-corrected chi connectivity index (χ1v) is 13.3. The number of aliphatic carboxylic acids is 1. The van der Waals surface area contributed by atoms with Gasteiger partial charge in [-0.3, -0.25) is 4.79 Å². The first kappa shape index (κ1) is 29.2. The summed E-state index contributed by atoms with van der Waals surface area (Å²) in [5, 5.41) is 13.4. The third-order valence-corrected chi connectivity index (χ3v) is 6.43. The lowest BCUT2D eigenvalue weighted by atomic mass is 10.1. The maximum absolute atomic E-state index is 12.9.